The number of likely N-dealkylation sites (N-methyl/N-ethyl adjacent to an activating group) is 2. The molecule has 2 saturated heterocycles. The number of rotatable bonds is 0. The van der Waals surface area contributed by atoms with Crippen molar-refractivity contribution >= 4 is 11.8 Å². The van der Waals surface area contributed by atoms with Gasteiger partial charge < -0.3 is 4.90 Å². The molecular formula is C10H20N2S. The molecule has 2 aliphatic rings. The van der Waals surface area contributed by atoms with E-state index in [1.807, 2.05) is 0 Å². The van der Waals surface area contributed by atoms with Gasteiger partial charge in [-0.3, -0.25) is 4.90 Å². The molecule has 0 aliphatic carbocycles. The summed E-state index contributed by atoms with van der Waals surface area (Å²) in [7, 11) is 4.55. The van der Waals surface area contributed by atoms with Crippen LogP contribution in [0.2, 0.25) is 0 Å². The predicted molar refractivity (Wildman–Crippen MR) is 59.2 cm³/mol. The second-order valence-corrected chi connectivity index (χ2v) is 5.87. The van der Waals surface area contributed by atoms with Gasteiger partial charge in [0.05, 0.1) is 4.87 Å². The van der Waals surface area contributed by atoms with E-state index < -0.39 is 0 Å². The topological polar surface area (TPSA) is 6.48 Å². The smallest absolute Gasteiger partial charge is 0.0796 e. The third-order valence-corrected chi connectivity index (χ3v) is 5.00. The van der Waals surface area contributed by atoms with E-state index in [0.29, 0.717) is 4.87 Å². The van der Waals surface area contributed by atoms with Crippen molar-refractivity contribution in [3.8, 4) is 0 Å². The highest BCUT2D eigenvalue weighted by Gasteiger charge is 2.39. The second kappa shape index (κ2) is 3.79. The third kappa shape index (κ3) is 1.88. The molecule has 2 nitrogen and oxygen atoms in total. The normalized spacial score (nSPS) is 38.3. The molecule has 2 fully saturated rings. The highest BCUT2D eigenvalue weighted by molar-refractivity contribution is 8.00. The number of likely N-dealkylation sites (tertiary alicyclic amines) is 1. The Morgan fingerprint density at radius 1 is 1.15 bits per heavy atom. The van der Waals surface area contributed by atoms with E-state index in [-0.39, 0.29) is 0 Å². The maximum Gasteiger partial charge on any atom is 0.0796 e. The Bertz CT molecular complexity index is 182. The first-order chi connectivity index (χ1) is 6.23. The SMILES string of the molecule is CN1CCCC2(C1)SCCCN2C. The number of piperidine rings is 1. The van der Waals surface area contributed by atoms with Crippen LogP contribution in [0.25, 0.3) is 0 Å². The van der Waals surface area contributed by atoms with Gasteiger partial charge in [-0.05, 0) is 52.2 Å². The van der Waals surface area contributed by atoms with Gasteiger partial charge >= 0.3 is 0 Å². The molecule has 1 spiro atoms. The summed E-state index contributed by atoms with van der Waals surface area (Å²) in [6.45, 7) is 3.84. The summed E-state index contributed by atoms with van der Waals surface area (Å²) >= 11 is 2.18. The summed E-state index contributed by atoms with van der Waals surface area (Å²) in [5, 5.41) is 0. The molecule has 0 saturated carbocycles. The van der Waals surface area contributed by atoms with E-state index in [1.54, 1.807) is 0 Å². The minimum atomic E-state index is 0.464. The summed E-state index contributed by atoms with van der Waals surface area (Å²) in [5.41, 5.74) is 0. The molecule has 2 rings (SSSR count). The van der Waals surface area contributed by atoms with Crippen LogP contribution >= 0.6 is 11.8 Å². The van der Waals surface area contributed by atoms with Crippen LogP contribution in [0.4, 0.5) is 0 Å². The standard InChI is InChI=1S/C10H20N2S/c1-11-6-3-5-10(9-11)12(2)7-4-8-13-10/h3-9H2,1-2H3. The Morgan fingerprint density at radius 2 is 2.00 bits per heavy atom. The van der Waals surface area contributed by atoms with Crippen molar-refractivity contribution in [3.05, 3.63) is 0 Å². The van der Waals surface area contributed by atoms with Crippen LogP contribution in [-0.2, 0) is 0 Å². The Labute approximate surface area is 85.7 Å². The Hall–Kier alpha value is 0.270. The van der Waals surface area contributed by atoms with E-state index in [4.69, 9.17) is 0 Å². The third-order valence-electron chi connectivity index (χ3n) is 3.33. The van der Waals surface area contributed by atoms with Crippen molar-refractivity contribution in [1.29, 1.82) is 0 Å². The van der Waals surface area contributed by atoms with Crippen molar-refractivity contribution in [2.75, 3.05) is 39.5 Å². The van der Waals surface area contributed by atoms with Crippen LogP contribution in [-0.4, -0.2) is 54.2 Å². The van der Waals surface area contributed by atoms with Gasteiger partial charge in [0.2, 0.25) is 0 Å². The largest absolute Gasteiger partial charge is 0.304 e. The summed E-state index contributed by atoms with van der Waals surface area (Å²) < 4.78 is 0. The Kier molecular flexibility index (Phi) is 2.86. The van der Waals surface area contributed by atoms with Crippen LogP contribution in [0.1, 0.15) is 19.3 Å². The highest BCUT2D eigenvalue weighted by Crippen LogP contribution is 2.39. The molecule has 0 aromatic rings. The van der Waals surface area contributed by atoms with Gasteiger partial charge in [-0.2, -0.15) is 0 Å². The number of hydrogen-bond donors (Lipinski definition) is 0. The summed E-state index contributed by atoms with van der Waals surface area (Å²) in [5.74, 6) is 1.36. The van der Waals surface area contributed by atoms with Crippen molar-refractivity contribution in [2.24, 2.45) is 0 Å². The van der Waals surface area contributed by atoms with Crippen molar-refractivity contribution in [3.63, 3.8) is 0 Å². The molecular weight excluding hydrogens is 180 g/mol. The number of nitrogens with zero attached hydrogens (tertiary/aromatic N) is 2. The lowest BCUT2D eigenvalue weighted by atomic mass is 10.0. The van der Waals surface area contributed by atoms with E-state index >= 15 is 0 Å². The van der Waals surface area contributed by atoms with Crippen molar-refractivity contribution in [2.45, 2.75) is 24.1 Å². The van der Waals surface area contributed by atoms with Crippen LogP contribution in [0, 0.1) is 0 Å². The zero-order valence-corrected chi connectivity index (χ0v) is 9.57. The fourth-order valence-electron chi connectivity index (χ4n) is 2.51. The molecule has 0 amide bonds. The quantitative estimate of drug-likeness (QED) is 0.585. The minimum absolute atomic E-state index is 0.464. The van der Waals surface area contributed by atoms with Crippen LogP contribution in [0.3, 0.4) is 0 Å². The lowest BCUT2D eigenvalue weighted by Gasteiger charge is -2.49. The molecule has 1 unspecified atom stereocenters. The van der Waals surface area contributed by atoms with Crippen LogP contribution < -0.4 is 0 Å². The van der Waals surface area contributed by atoms with Crippen LogP contribution in [0.5, 0.6) is 0 Å². The van der Waals surface area contributed by atoms with Gasteiger partial charge in [0.1, 0.15) is 0 Å². The number of thioether (sulfide) groups is 1. The molecule has 2 heterocycles. The fraction of sp³-hybridized carbons (Fsp3) is 1.00. The molecule has 76 valence electrons. The van der Waals surface area contributed by atoms with Gasteiger partial charge in [0.25, 0.3) is 0 Å². The Balaban J connectivity index is 2.07. The lowest BCUT2D eigenvalue weighted by Crippen LogP contribution is -2.56. The lowest BCUT2D eigenvalue weighted by molar-refractivity contribution is 0.104. The Morgan fingerprint density at radius 3 is 2.69 bits per heavy atom. The average molecular weight is 200 g/mol. The molecule has 2 aliphatic heterocycles. The number of hydrogen-bond acceptors (Lipinski definition) is 3. The summed E-state index contributed by atoms with van der Waals surface area (Å²) in [6, 6.07) is 0. The first-order valence-electron chi connectivity index (χ1n) is 5.27. The molecule has 0 aromatic heterocycles. The maximum atomic E-state index is 2.58. The fourth-order valence-corrected chi connectivity index (χ4v) is 4.08. The summed E-state index contributed by atoms with van der Waals surface area (Å²) in [4.78, 5) is 5.53. The van der Waals surface area contributed by atoms with Crippen LogP contribution in [0.15, 0.2) is 0 Å². The molecule has 0 bridgehead atoms. The van der Waals surface area contributed by atoms with E-state index in [9.17, 15) is 0 Å². The van der Waals surface area contributed by atoms with Gasteiger partial charge in [0, 0.05) is 6.54 Å². The van der Waals surface area contributed by atoms with E-state index in [0.717, 1.165) is 0 Å². The zero-order valence-electron chi connectivity index (χ0n) is 8.75. The second-order valence-electron chi connectivity index (χ2n) is 4.41. The van der Waals surface area contributed by atoms with Crippen molar-refractivity contribution < 1.29 is 0 Å². The molecule has 0 aromatic carbocycles. The van der Waals surface area contributed by atoms with Crippen molar-refractivity contribution in [1.82, 2.24) is 9.80 Å². The average Bonchev–Trinajstić information content (AvgIpc) is 2.11. The molecule has 1 atom stereocenters. The summed E-state index contributed by atoms with van der Waals surface area (Å²) in [6.07, 6.45) is 4.12. The zero-order chi connectivity index (χ0) is 9.31. The maximum absolute atomic E-state index is 2.58. The molecule has 3 heteroatoms. The molecule has 0 N–H and O–H groups in total. The monoisotopic (exact) mass is 200 g/mol. The molecule has 0 radical (unpaired) electrons. The van der Waals surface area contributed by atoms with Gasteiger partial charge in [0.15, 0.2) is 0 Å². The first-order valence-corrected chi connectivity index (χ1v) is 6.25. The van der Waals surface area contributed by atoms with E-state index in [2.05, 4.69) is 35.7 Å². The van der Waals surface area contributed by atoms with E-state index in [1.165, 1.54) is 44.6 Å². The molecule has 13 heavy (non-hydrogen) atoms. The van der Waals surface area contributed by atoms with Gasteiger partial charge in [-0.25, -0.2) is 0 Å². The minimum Gasteiger partial charge on any atom is -0.304 e. The highest BCUT2D eigenvalue weighted by atomic mass is 32.2. The van der Waals surface area contributed by atoms with Gasteiger partial charge in [-0.1, -0.05) is 0 Å². The first kappa shape index (κ1) is 9.81. The van der Waals surface area contributed by atoms with Gasteiger partial charge in [-0.15, -0.1) is 11.8 Å². The predicted octanol–water partition coefficient (Wildman–Crippen LogP) is 1.48.